The Morgan fingerprint density at radius 3 is 2.82 bits per heavy atom. The first-order chi connectivity index (χ1) is 8.25. The number of hydrogen-bond donors (Lipinski definition) is 1. The van der Waals surface area contributed by atoms with E-state index in [2.05, 4.69) is 29.2 Å². The molecule has 1 aromatic rings. The van der Waals surface area contributed by atoms with Crippen molar-refractivity contribution in [2.24, 2.45) is 5.73 Å². The maximum Gasteiger partial charge on any atom is 0.218 e. The van der Waals surface area contributed by atoms with Gasteiger partial charge in [-0.15, -0.1) is 0 Å². The Bertz CT molecular complexity index is 364. The lowest BCUT2D eigenvalue weighted by atomic mass is 10.0. The van der Waals surface area contributed by atoms with Gasteiger partial charge in [0.25, 0.3) is 0 Å². The Balaban J connectivity index is 1.89. The van der Waals surface area contributed by atoms with Gasteiger partial charge in [0.2, 0.25) is 5.91 Å². The number of primary amides is 1. The zero-order valence-corrected chi connectivity index (χ0v) is 10.1. The quantitative estimate of drug-likeness (QED) is 0.837. The lowest BCUT2D eigenvalue weighted by molar-refractivity contribution is -0.118. The van der Waals surface area contributed by atoms with E-state index in [1.165, 1.54) is 18.4 Å². The van der Waals surface area contributed by atoms with Gasteiger partial charge < -0.3 is 5.73 Å². The number of rotatable bonds is 5. The number of amides is 1. The Labute approximate surface area is 103 Å². The van der Waals surface area contributed by atoms with Crippen LogP contribution in [0.15, 0.2) is 30.3 Å². The topological polar surface area (TPSA) is 46.3 Å². The van der Waals surface area contributed by atoms with Gasteiger partial charge in [0, 0.05) is 19.0 Å². The van der Waals surface area contributed by atoms with Crippen molar-refractivity contribution < 1.29 is 4.79 Å². The molecule has 3 nitrogen and oxygen atoms in total. The van der Waals surface area contributed by atoms with Gasteiger partial charge in [-0.3, -0.25) is 9.69 Å². The van der Waals surface area contributed by atoms with Crippen LogP contribution in [0.2, 0.25) is 0 Å². The predicted molar refractivity (Wildman–Crippen MR) is 68.6 cm³/mol. The van der Waals surface area contributed by atoms with Gasteiger partial charge >= 0.3 is 0 Å². The molecule has 0 saturated carbocycles. The first-order valence-corrected chi connectivity index (χ1v) is 6.32. The van der Waals surface area contributed by atoms with E-state index in [4.69, 9.17) is 5.73 Å². The fourth-order valence-electron chi connectivity index (χ4n) is 2.56. The van der Waals surface area contributed by atoms with E-state index in [1.54, 1.807) is 0 Å². The second-order valence-corrected chi connectivity index (χ2v) is 4.74. The molecule has 0 aliphatic carbocycles. The van der Waals surface area contributed by atoms with Crippen LogP contribution in [0.1, 0.15) is 24.8 Å². The van der Waals surface area contributed by atoms with E-state index in [0.717, 1.165) is 19.5 Å². The van der Waals surface area contributed by atoms with Crippen LogP contribution in [-0.4, -0.2) is 29.9 Å². The summed E-state index contributed by atoms with van der Waals surface area (Å²) in [5.41, 5.74) is 6.58. The lowest BCUT2D eigenvalue weighted by Crippen LogP contribution is -2.34. The normalized spacial score (nSPS) is 20.6. The third-order valence-corrected chi connectivity index (χ3v) is 3.46. The Morgan fingerprint density at radius 1 is 1.35 bits per heavy atom. The second-order valence-electron chi connectivity index (χ2n) is 4.74. The molecule has 0 bridgehead atoms. The average Bonchev–Trinajstić information content (AvgIpc) is 2.75. The van der Waals surface area contributed by atoms with Crippen molar-refractivity contribution in [2.75, 3.05) is 13.1 Å². The highest BCUT2D eigenvalue weighted by molar-refractivity contribution is 5.73. The van der Waals surface area contributed by atoms with Crippen molar-refractivity contribution in [3.05, 3.63) is 35.9 Å². The second kappa shape index (κ2) is 5.82. The number of likely N-dealkylation sites (tertiary alicyclic amines) is 1. The summed E-state index contributed by atoms with van der Waals surface area (Å²) in [7, 11) is 0. The van der Waals surface area contributed by atoms with E-state index >= 15 is 0 Å². The fourth-order valence-corrected chi connectivity index (χ4v) is 2.56. The molecule has 1 fully saturated rings. The molecule has 1 heterocycles. The van der Waals surface area contributed by atoms with Gasteiger partial charge in [0.05, 0.1) is 0 Å². The number of carbonyl (C=O) groups is 1. The Hall–Kier alpha value is -1.35. The van der Waals surface area contributed by atoms with Crippen molar-refractivity contribution >= 4 is 5.91 Å². The minimum atomic E-state index is -0.199. The van der Waals surface area contributed by atoms with Crippen LogP contribution in [-0.2, 0) is 11.2 Å². The highest BCUT2D eigenvalue weighted by Crippen LogP contribution is 2.21. The van der Waals surface area contributed by atoms with Gasteiger partial charge in [-0.1, -0.05) is 30.3 Å². The van der Waals surface area contributed by atoms with Gasteiger partial charge in [0.1, 0.15) is 0 Å². The summed E-state index contributed by atoms with van der Waals surface area (Å²) in [6, 6.07) is 11.1. The summed E-state index contributed by atoms with van der Waals surface area (Å²) in [6.07, 6.45) is 4.02. The van der Waals surface area contributed by atoms with Crippen LogP contribution in [0.3, 0.4) is 0 Å². The predicted octanol–water partition coefficient (Wildman–Crippen LogP) is 1.57. The largest absolute Gasteiger partial charge is 0.370 e. The van der Waals surface area contributed by atoms with E-state index in [9.17, 15) is 4.79 Å². The molecule has 0 spiro atoms. The number of nitrogens with two attached hydrogens (primary N) is 1. The van der Waals surface area contributed by atoms with Crippen LogP contribution in [0.25, 0.3) is 0 Å². The molecule has 0 radical (unpaired) electrons. The fraction of sp³-hybridized carbons (Fsp3) is 0.500. The minimum Gasteiger partial charge on any atom is -0.370 e. The molecule has 2 N–H and O–H groups in total. The maximum absolute atomic E-state index is 10.8. The summed E-state index contributed by atoms with van der Waals surface area (Å²) < 4.78 is 0. The van der Waals surface area contributed by atoms with E-state index in [0.29, 0.717) is 12.5 Å². The molecule has 1 atom stereocenters. The van der Waals surface area contributed by atoms with Gasteiger partial charge in [0.15, 0.2) is 0 Å². The molecular formula is C14H20N2O. The average molecular weight is 232 g/mol. The van der Waals surface area contributed by atoms with Crippen LogP contribution >= 0.6 is 0 Å². The van der Waals surface area contributed by atoms with Crippen LogP contribution < -0.4 is 5.73 Å². The Kier molecular flexibility index (Phi) is 4.15. The van der Waals surface area contributed by atoms with E-state index in [-0.39, 0.29) is 5.91 Å². The number of nitrogens with zero attached hydrogens (tertiary/aromatic N) is 1. The first kappa shape index (κ1) is 12.1. The zero-order chi connectivity index (χ0) is 12.1. The first-order valence-electron chi connectivity index (χ1n) is 6.32. The molecule has 1 aliphatic rings. The molecule has 1 amide bonds. The van der Waals surface area contributed by atoms with Gasteiger partial charge in [-0.2, -0.15) is 0 Å². The standard InChI is InChI=1S/C14H20N2O/c15-14(17)8-10-16-9-4-7-13(16)11-12-5-2-1-3-6-12/h1-3,5-6,13H,4,7-11H2,(H2,15,17). The summed E-state index contributed by atoms with van der Waals surface area (Å²) in [5, 5.41) is 0. The lowest BCUT2D eigenvalue weighted by Gasteiger charge is -2.23. The van der Waals surface area contributed by atoms with Crippen LogP contribution in [0.5, 0.6) is 0 Å². The number of hydrogen-bond acceptors (Lipinski definition) is 2. The summed E-state index contributed by atoms with van der Waals surface area (Å²) in [6.45, 7) is 1.91. The SMILES string of the molecule is NC(=O)CCN1CCCC1Cc1ccccc1. The van der Waals surface area contributed by atoms with Crippen molar-refractivity contribution in [3.8, 4) is 0 Å². The van der Waals surface area contributed by atoms with Crippen LogP contribution in [0, 0.1) is 0 Å². The summed E-state index contributed by atoms with van der Waals surface area (Å²) in [5.74, 6) is -0.199. The molecule has 3 heteroatoms. The number of carbonyl (C=O) groups excluding carboxylic acids is 1. The third kappa shape index (κ3) is 3.56. The van der Waals surface area contributed by atoms with Crippen molar-refractivity contribution in [3.63, 3.8) is 0 Å². The smallest absolute Gasteiger partial charge is 0.218 e. The van der Waals surface area contributed by atoms with Crippen LogP contribution in [0.4, 0.5) is 0 Å². The molecule has 1 saturated heterocycles. The molecule has 1 unspecified atom stereocenters. The number of benzene rings is 1. The maximum atomic E-state index is 10.8. The van der Waals surface area contributed by atoms with Gasteiger partial charge in [-0.25, -0.2) is 0 Å². The highest BCUT2D eigenvalue weighted by atomic mass is 16.1. The molecule has 17 heavy (non-hydrogen) atoms. The summed E-state index contributed by atoms with van der Waals surface area (Å²) >= 11 is 0. The minimum absolute atomic E-state index is 0.199. The molecular weight excluding hydrogens is 212 g/mol. The van der Waals surface area contributed by atoms with E-state index < -0.39 is 0 Å². The molecule has 92 valence electrons. The molecule has 1 aromatic carbocycles. The summed E-state index contributed by atoms with van der Waals surface area (Å²) in [4.78, 5) is 13.2. The zero-order valence-electron chi connectivity index (χ0n) is 10.1. The molecule has 2 rings (SSSR count). The van der Waals surface area contributed by atoms with Crippen molar-refractivity contribution in [1.82, 2.24) is 4.90 Å². The molecule has 0 aromatic heterocycles. The molecule has 1 aliphatic heterocycles. The van der Waals surface area contributed by atoms with Crippen molar-refractivity contribution in [1.29, 1.82) is 0 Å². The van der Waals surface area contributed by atoms with E-state index in [1.807, 2.05) is 6.07 Å². The van der Waals surface area contributed by atoms with Gasteiger partial charge in [-0.05, 0) is 31.4 Å². The monoisotopic (exact) mass is 232 g/mol. The van der Waals surface area contributed by atoms with Crippen molar-refractivity contribution in [2.45, 2.75) is 31.7 Å². The third-order valence-electron chi connectivity index (χ3n) is 3.46. The Morgan fingerprint density at radius 2 is 2.12 bits per heavy atom. The highest BCUT2D eigenvalue weighted by Gasteiger charge is 2.24.